The van der Waals surface area contributed by atoms with Crippen molar-refractivity contribution in [2.24, 2.45) is 0 Å². The zero-order chi connectivity index (χ0) is 24.3. The lowest BCUT2D eigenvalue weighted by atomic mass is 10.2. The van der Waals surface area contributed by atoms with Gasteiger partial charge in [-0.05, 0) is 35.9 Å². The number of anilines is 2. The number of rotatable bonds is 8. The molecule has 0 bridgehead atoms. The fraction of sp³-hybridized carbons (Fsp3) is 0.462. The van der Waals surface area contributed by atoms with E-state index in [1.807, 2.05) is 12.5 Å². The van der Waals surface area contributed by atoms with Crippen molar-refractivity contribution in [3.05, 3.63) is 47.0 Å². The fourth-order valence-electron chi connectivity index (χ4n) is 5.23. The molecule has 1 saturated carbocycles. The minimum Gasteiger partial charge on any atom is -0.395 e. The van der Waals surface area contributed by atoms with Crippen molar-refractivity contribution in [3.63, 3.8) is 0 Å². The molecular formula is C26H32N8OS. The molecule has 188 valence electrons. The molecule has 1 aliphatic heterocycles. The minimum atomic E-state index is 0.195. The number of β-amino-alcohol motifs (C(OH)–C–C–N with tert-alkyl or cyclic N) is 1. The van der Waals surface area contributed by atoms with E-state index in [0.29, 0.717) is 19.1 Å². The summed E-state index contributed by atoms with van der Waals surface area (Å²) in [6, 6.07) is 6.74. The summed E-state index contributed by atoms with van der Waals surface area (Å²) >= 11 is 1.68. The number of imidazole rings is 1. The summed E-state index contributed by atoms with van der Waals surface area (Å²) in [6.07, 6.45) is 8.74. The molecule has 0 spiro atoms. The summed E-state index contributed by atoms with van der Waals surface area (Å²) < 4.78 is 2.26. The maximum Gasteiger partial charge on any atom is 0.229 e. The highest BCUT2D eigenvalue weighted by Gasteiger charge is 2.24. The van der Waals surface area contributed by atoms with Gasteiger partial charge in [-0.25, -0.2) is 4.98 Å². The molecule has 36 heavy (non-hydrogen) atoms. The molecule has 0 unspecified atom stereocenters. The van der Waals surface area contributed by atoms with Crippen LogP contribution in [0.1, 0.15) is 37.3 Å². The van der Waals surface area contributed by atoms with Crippen LogP contribution < -0.4 is 10.2 Å². The number of hydrogen-bond acceptors (Lipinski definition) is 9. The number of thiophene rings is 1. The first-order valence-corrected chi connectivity index (χ1v) is 13.8. The van der Waals surface area contributed by atoms with E-state index in [0.717, 1.165) is 65.9 Å². The third-order valence-electron chi connectivity index (χ3n) is 7.30. The summed E-state index contributed by atoms with van der Waals surface area (Å²) in [5, 5.41) is 17.0. The van der Waals surface area contributed by atoms with Gasteiger partial charge in [-0.1, -0.05) is 18.9 Å². The minimum absolute atomic E-state index is 0.195. The standard InChI is InChI=1S/C26H32N8OS/c35-13-12-32-8-10-33(11-9-32)26-30-24(23-25(31-26)34(18-29-23)21-3-1-2-4-21)28-16-19-5-6-22(27-15-19)20-7-14-36-17-20/h5-7,14-15,17-18,21,35H,1-4,8-13,16H2,(H,28,30,31). The largest absolute Gasteiger partial charge is 0.395 e. The quantitative estimate of drug-likeness (QED) is 0.374. The lowest BCUT2D eigenvalue weighted by molar-refractivity contribution is 0.188. The molecule has 0 atom stereocenters. The molecule has 2 fully saturated rings. The van der Waals surface area contributed by atoms with Gasteiger partial charge in [0.25, 0.3) is 0 Å². The second kappa shape index (κ2) is 10.5. The number of aliphatic hydroxyl groups excluding tert-OH is 1. The van der Waals surface area contributed by atoms with E-state index in [2.05, 4.69) is 53.6 Å². The van der Waals surface area contributed by atoms with E-state index in [1.54, 1.807) is 11.3 Å². The molecule has 0 amide bonds. The first kappa shape index (κ1) is 23.3. The van der Waals surface area contributed by atoms with Gasteiger partial charge in [0.05, 0.1) is 18.6 Å². The second-order valence-corrected chi connectivity index (χ2v) is 10.4. The zero-order valence-electron chi connectivity index (χ0n) is 20.4. The summed E-state index contributed by atoms with van der Waals surface area (Å²) in [5.41, 5.74) is 4.97. The molecule has 9 nitrogen and oxygen atoms in total. The Morgan fingerprint density at radius 1 is 1.03 bits per heavy atom. The Hall–Kier alpha value is -3.08. The van der Waals surface area contributed by atoms with Gasteiger partial charge in [0.1, 0.15) is 0 Å². The number of piperazine rings is 1. The van der Waals surface area contributed by atoms with Crippen LogP contribution in [0.25, 0.3) is 22.4 Å². The van der Waals surface area contributed by atoms with Gasteiger partial charge in [0.15, 0.2) is 17.0 Å². The summed E-state index contributed by atoms with van der Waals surface area (Å²) in [6.45, 7) is 5.01. The highest BCUT2D eigenvalue weighted by Crippen LogP contribution is 2.33. The molecule has 4 aromatic rings. The Bertz CT molecular complexity index is 1280. The van der Waals surface area contributed by atoms with Gasteiger partial charge in [0.2, 0.25) is 5.95 Å². The van der Waals surface area contributed by atoms with Crippen LogP contribution in [0.4, 0.5) is 11.8 Å². The molecule has 0 radical (unpaired) electrons. The van der Waals surface area contributed by atoms with E-state index < -0.39 is 0 Å². The summed E-state index contributed by atoms with van der Waals surface area (Å²) in [5.74, 6) is 1.52. The molecule has 1 aliphatic carbocycles. The van der Waals surface area contributed by atoms with Crippen LogP contribution in [0.15, 0.2) is 41.5 Å². The smallest absolute Gasteiger partial charge is 0.229 e. The van der Waals surface area contributed by atoms with Crippen molar-refractivity contribution >= 4 is 34.3 Å². The van der Waals surface area contributed by atoms with Gasteiger partial charge < -0.3 is 19.9 Å². The number of fused-ring (bicyclic) bond motifs is 1. The Labute approximate surface area is 214 Å². The van der Waals surface area contributed by atoms with Gasteiger partial charge in [-0.15, -0.1) is 0 Å². The van der Waals surface area contributed by atoms with Crippen LogP contribution in [0.5, 0.6) is 0 Å². The number of nitrogens with one attached hydrogen (secondary N) is 1. The maximum atomic E-state index is 9.28. The molecule has 10 heteroatoms. The lowest BCUT2D eigenvalue weighted by Gasteiger charge is -2.34. The van der Waals surface area contributed by atoms with Crippen molar-refractivity contribution < 1.29 is 5.11 Å². The SMILES string of the molecule is OCCN1CCN(c2nc(NCc3ccc(-c4ccsc4)nc3)c3ncn(C4CCCC4)c3n2)CC1. The molecule has 1 saturated heterocycles. The molecular weight excluding hydrogens is 472 g/mol. The monoisotopic (exact) mass is 504 g/mol. The second-order valence-electron chi connectivity index (χ2n) is 9.60. The van der Waals surface area contributed by atoms with Gasteiger partial charge >= 0.3 is 0 Å². The van der Waals surface area contributed by atoms with Crippen LogP contribution in [-0.2, 0) is 6.54 Å². The lowest BCUT2D eigenvalue weighted by Crippen LogP contribution is -2.47. The van der Waals surface area contributed by atoms with Crippen molar-refractivity contribution in [2.45, 2.75) is 38.3 Å². The normalized spacial score (nSPS) is 17.3. The maximum absolute atomic E-state index is 9.28. The molecule has 2 aliphatic rings. The van der Waals surface area contributed by atoms with Crippen LogP contribution in [0.2, 0.25) is 0 Å². The third-order valence-corrected chi connectivity index (χ3v) is 7.98. The van der Waals surface area contributed by atoms with Crippen molar-refractivity contribution in [1.29, 1.82) is 0 Å². The van der Waals surface area contributed by atoms with Crippen LogP contribution in [0, 0.1) is 0 Å². The molecule has 6 rings (SSSR count). The number of pyridine rings is 1. The fourth-order valence-corrected chi connectivity index (χ4v) is 5.88. The average molecular weight is 505 g/mol. The van der Waals surface area contributed by atoms with E-state index in [9.17, 15) is 5.11 Å². The Morgan fingerprint density at radius 2 is 1.89 bits per heavy atom. The highest BCUT2D eigenvalue weighted by atomic mass is 32.1. The molecule has 4 aromatic heterocycles. The first-order chi connectivity index (χ1) is 17.8. The van der Waals surface area contributed by atoms with Crippen LogP contribution in [-0.4, -0.2) is 73.8 Å². The Morgan fingerprint density at radius 3 is 2.61 bits per heavy atom. The highest BCUT2D eigenvalue weighted by molar-refractivity contribution is 7.08. The first-order valence-electron chi connectivity index (χ1n) is 12.8. The molecule has 5 heterocycles. The van der Waals surface area contributed by atoms with Gasteiger partial charge in [0, 0.05) is 62.5 Å². The summed E-state index contributed by atoms with van der Waals surface area (Å²) in [7, 11) is 0. The van der Waals surface area contributed by atoms with E-state index in [-0.39, 0.29) is 6.61 Å². The molecule has 2 N–H and O–H groups in total. The number of nitrogens with zero attached hydrogens (tertiary/aromatic N) is 7. The van der Waals surface area contributed by atoms with Crippen molar-refractivity contribution in [1.82, 2.24) is 29.4 Å². The van der Waals surface area contributed by atoms with E-state index in [4.69, 9.17) is 15.0 Å². The Kier molecular flexibility index (Phi) is 6.80. The number of aliphatic hydroxyl groups is 1. The van der Waals surface area contributed by atoms with E-state index in [1.165, 1.54) is 25.7 Å². The van der Waals surface area contributed by atoms with Crippen LogP contribution in [0.3, 0.4) is 0 Å². The van der Waals surface area contributed by atoms with Gasteiger partial charge in [-0.2, -0.15) is 21.3 Å². The predicted molar refractivity (Wildman–Crippen MR) is 143 cm³/mol. The zero-order valence-corrected chi connectivity index (χ0v) is 21.2. The summed E-state index contributed by atoms with van der Waals surface area (Å²) in [4.78, 5) is 23.9. The number of hydrogen-bond donors (Lipinski definition) is 2. The van der Waals surface area contributed by atoms with E-state index >= 15 is 0 Å². The number of aromatic nitrogens is 5. The van der Waals surface area contributed by atoms with Gasteiger partial charge in [-0.3, -0.25) is 9.88 Å². The molecule has 0 aromatic carbocycles. The van der Waals surface area contributed by atoms with Crippen molar-refractivity contribution in [2.75, 3.05) is 49.5 Å². The topological polar surface area (TPSA) is 95.2 Å². The van der Waals surface area contributed by atoms with Crippen molar-refractivity contribution in [3.8, 4) is 11.3 Å². The third kappa shape index (κ3) is 4.80. The van der Waals surface area contributed by atoms with Crippen LogP contribution >= 0.6 is 11.3 Å². The predicted octanol–water partition coefficient (Wildman–Crippen LogP) is 3.79. The Balaban J connectivity index is 1.26. The average Bonchev–Trinajstić information content (AvgIpc) is 3.70.